The number of aromatic nitrogens is 1. The highest BCUT2D eigenvalue weighted by molar-refractivity contribution is 5.80. The number of nitrogens with one attached hydrogen (secondary N) is 1. The fourth-order valence-electron chi connectivity index (χ4n) is 1.72. The van der Waals surface area contributed by atoms with Crippen LogP contribution in [0.5, 0.6) is 0 Å². The van der Waals surface area contributed by atoms with Crippen molar-refractivity contribution in [2.24, 2.45) is 10.9 Å². The zero-order chi connectivity index (χ0) is 12.7. The molecule has 1 heterocycles. The number of nitrogens with zero attached hydrogens (tertiary/aromatic N) is 2. The molecule has 5 nitrogen and oxygen atoms in total. The number of oxime groups is 1. The van der Waals surface area contributed by atoms with E-state index in [0.29, 0.717) is 6.42 Å². The third-order valence-corrected chi connectivity index (χ3v) is 2.77. The van der Waals surface area contributed by atoms with E-state index >= 15 is 0 Å². The Kier molecular flexibility index (Phi) is 5.42. The van der Waals surface area contributed by atoms with E-state index in [2.05, 4.69) is 29.3 Å². The van der Waals surface area contributed by atoms with Gasteiger partial charge in [0.1, 0.15) is 5.84 Å². The van der Waals surface area contributed by atoms with Gasteiger partial charge in [-0.05, 0) is 31.0 Å². The zero-order valence-electron chi connectivity index (χ0n) is 10.3. The first-order valence-corrected chi connectivity index (χ1v) is 5.79. The molecule has 1 aromatic heterocycles. The first-order chi connectivity index (χ1) is 8.17. The SMILES string of the molecule is CCC(C/C(N)=N/O)N[C@H](C)c1ccncc1. The van der Waals surface area contributed by atoms with Crippen LogP contribution in [-0.2, 0) is 0 Å². The molecule has 1 rings (SSSR count). The van der Waals surface area contributed by atoms with E-state index in [4.69, 9.17) is 10.9 Å². The van der Waals surface area contributed by atoms with E-state index < -0.39 is 0 Å². The highest BCUT2D eigenvalue weighted by atomic mass is 16.4. The molecule has 0 aromatic carbocycles. The summed E-state index contributed by atoms with van der Waals surface area (Å²) in [5.74, 6) is 0.256. The van der Waals surface area contributed by atoms with Crippen LogP contribution >= 0.6 is 0 Å². The minimum absolute atomic E-state index is 0.203. The predicted molar refractivity (Wildman–Crippen MR) is 67.9 cm³/mol. The Hall–Kier alpha value is -1.62. The lowest BCUT2D eigenvalue weighted by molar-refractivity contribution is 0.315. The van der Waals surface area contributed by atoms with Crippen LogP contribution in [0.1, 0.15) is 38.3 Å². The summed E-state index contributed by atoms with van der Waals surface area (Å²) in [6.07, 6.45) is 5.02. The van der Waals surface area contributed by atoms with E-state index in [0.717, 1.165) is 6.42 Å². The molecule has 0 saturated heterocycles. The fraction of sp³-hybridized carbons (Fsp3) is 0.500. The van der Waals surface area contributed by atoms with Crippen molar-refractivity contribution < 1.29 is 5.21 Å². The van der Waals surface area contributed by atoms with Crippen molar-refractivity contribution >= 4 is 5.84 Å². The van der Waals surface area contributed by atoms with Gasteiger partial charge in [0.2, 0.25) is 0 Å². The van der Waals surface area contributed by atoms with Crippen molar-refractivity contribution in [3.63, 3.8) is 0 Å². The van der Waals surface area contributed by atoms with E-state index in [-0.39, 0.29) is 17.9 Å². The van der Waals surface area contributed by atoms with Gasteiger partial charge in [0, 0.05) is 30.9 Å². The van der Waals surface area contributed by atoms with Crippen molar-refractivity contribution in [2.45, 2.75) is 38.8 Å². The second-order valence-corrected chi connectivity index (χ2v) is 4.07. The molecule has 94 valence electrons. The number of hydrogen-bond donors (Lipinski definition) is 3. The standard InChI is InChI=1S/C12H20N4O/c1-3-11(8-12(13)16-17)15-9(2)10-4-6-14-7-5-10/h4-7,9,11,15,17H,3,8H2,1-2H3,(H2,13,16)/t9-,11?/m1/s1. The van der Waals surface area contributed by atoms with Gasteiger partial charge in [-0.1, -0.05) is 12.1 Å². The van der Waals surface area contributed by atoms with Crippen LogP contribution in [0.4, 0.5) is 0 Å². The highest BCUT2D eigenvalue weighted by Crippen LogP contribution is 2.13. The molecule has 0 aliphatic heterocycles. The second kappa shape index (κ2) is 6.85. The number of rotatable bonds is 6. The van der Waals surface area contributed by atoms with E-state index in [1.54, 1.807) is 12.4 Å². The van der Waals surface area contributed by atoms with Crippen LogP contribution in [0.25, 0.3) is 0 Å². The highest BCUT2D eigenvalue weighted by Gasteiger charge is 2.13. The van der Waals surface area contributed by atoms with Crippen LogP contribution in [-0.4, -0.2) is 22.1 Å². The van der Waals surface area contributed by atoms with Crippen molar-refractivity contribution in [1.29, 1.82) is 0 Å². The number of pyridine rings is 1. The molecule has 0 amide bonds. The first kappa shape index (κ1) is 13.4. The van der Waals surface area contributed by atoms with Gasteiger partial charge in [-0.15, -0.1) is 0 Å². The lowest BCUT2D eigenvalue weighted by atomic mass is 10.1. The number of amidine groups is 1. The summed E-state index contributed by atoms with van der Waals surface area (Å²) in [7, 11) is 0. The molecule has 0 spiro atoms. The third-order valence-electron chi connectivity index (χ3n) is 2.77. The Morgan fingerprint density at radius 3 is 2.71 bits per heavy atom. The molecule has 2 atom stereocenters. The average Bonchev–Trinajstić information content (AvgIpc) is 2.38. The molecule has 0 saturated carbocycles. The van der Waals surface area contributed by atoms with Crippen LogP contribution in [0.2, 0.25) is 0 Å². The van der Waals surface area contributed by atoms with Gasteiger partial charge in [-0.2, -0.15) is 0 Å². The van der Waals surface area contributed by atoms with Gasteiger partial charge in [-0.25, -0.2) is 0 Å². The Morgan fingerprint density at radius 2 is 2.18 bits per heavy atom. The summed E-state index contributed by atoms with van der Waals surface area (Å²) in [5, 5.41) is 15.0. The van der Waals surface area contributed by atoms with Gasteiger partial charge in [0.25, 0.3) is 0 Å². The first-order valence-electron chi connectivity index (χ1n) is 5.79. The zero-order valence-corrected chi connectivity index (χ0v) is 10.3. The van der Waals surface area contributed by atoms with Gasteiger partial charge in [-0.3, -0.25) is 4.98 Å². The largest absolute Gasteiger partial charge is 0.409 e. The lowest BCUT2D eigenvalue weighted by Gasteiger charge is -2.22. The Balaban J connectivity index is 2.57. The molecular formula is C12H20N4O. The smallest absolute Gasteiger partial charge is 0.140 e. The minimum atomic E-state index is 0.203. The topological polar surface area (TPSA) is 83.5 Å². The quantitative estimate of drug-likeness (QED) is 0.303. The summed E-state index contributed by atoms with van der Waals surface area (Å²) < 4.78 is 0. The molecule has 4 N–H and O–H groups in total. The van der Waals surface area contributed by atoms with Crippen molar-refractivity contribution in [3.05, 3.63) is 30.1 Å². The Labute approximate surface area is 102 Å². The van der Waals surface area contributed by atoms with Crippen molar-refractivity contribution in [2.75, 3.05) is 0 Å². The normalized spacial score (nSPS) is 15.5. The summed E-state index contributed by atoms with van der Waals surface area (Å²) in [6, 6.07) is 4.38. The molecular weight excluding hydrogens is 216 g/mol. The molecule has 0 fully saturated rings. The van der Waals surface area contributed by atoms with E-state index in [1.165, 1.54) is 5.56 Å². The van der Waals surface area contributed by atoms with Gasteiger partial charge < -0.3 is 16.3 Å². The Morgan fingerprint density at radius 1 is 1.53 bits per heavy atom. The van der Waals surface area contributed by atoms with E-state index in [1.807, 2.05) is 12.1 Å². The van der Waals surface area contributed by atoms with Crippen molar-refractivity contribution in [3.8, 4) is 0 Å². The van der Waals surface area contributed by atoms with Gasteiger partial charge >= 0.3 is 0 Å². The van der Waals surface area contributed by atoms with E-state index in [9.17, 15) is 0 Å². The molecule has 0 aliphatic carbocycles. The third kappa shape index (κ3) is 4.40. The van der Waals surface area contributed by atoms with Gasteiger partial charge in [0.05, 0.1) is 0 Å². The molecule has 5 heteroatoms. The van der Waals surface area contributed by atoms with Gasteiger partial charge in [0.15, 0.2) is 0 Å². The number of nitrogens with two attached hydrogens (primary N) is 1. The monoisotopic (exact) mass is 236 g/mol. The Bertz CT molecular complexity index is 353. The summed E-state index contributed by atoms with van der Waals surface area (Å²) in [6.45, 7) is 4.16. The molecule has 1 unspecified atom stereocenters. The predicted octanol–water partition coefficient (Wildman–Crippen LogP) is 1.65. The molecule has 1 aromatic rings. The van der Waals surface area contributed by atoms with Crippen LogP contribution in [0, 0.1) is 0 Å². The number of hydrogen-bond acceptors (Lipinski definition) is 4. The molecule has 0 aliphatic rings. The molecule has 0 radical (unpaired) electrons. The maximum Gasteiger partial charge on any atom is 0.140 e. The maximum absolute atomic E-state index is 8.56. The van der Waals surface area contributed by atoms with Crippen molar-refractivity contribution in [1.82, 2.24) is 10.3 Å². The van der Waals surface area contributed by atoms with Crippen LogP contribution in [0.3, 0.4) is 0 Å². The maximum atomic E-state index is 8.56. The summed E-state index contributed by atoms with van der Waals surface area (Å²) in [5.41, 5.74) is 6.69. The minimum Gasteiger partial charge on any atom is -0.409 e. The second-order valence-electron chi connectivity index (χ2n) is 4.07. The molecule has 17 heavy (non-hydrogen) atoms. The van der Waals surface area contributed by atoms with Crippen LogP contribution in [0.15, 0.2) is 29.7 Å². The van der Waals surface area contributed by atoms with Crippen LogP contribution < -0.4 is 11.1 Å². The average molecular weight is 236 g/mol. The summed E-state index contributed by atoms with van der Waals surface area (Å²) in [4.78, 5) is 3.99. The summed E-state index contributed by atoms with van der Waals surface area (Å²) >= 11 is 0. The fourth-order valence-corrected chi connectivity index (χ4v) is 1.72. The molecule has 0 bridgehead atoms. The lowest BCUT2D eigenvalue weighted by Crippen LogP contribution is -2.34.